The van der Waals surface area contributed by atoms with Crippen molar-refractivity contribution in [2.45, 2.75) is 39.7 Å². The summed E-state index contributed by atoms with van der Waals surface area (Å²) in [5.74, 6) is -1.10. The van der Waals surface area contributed by atoms with Crippen molar-refractivity contribution >= 4 is 17.6 Å². The van der Waals surface area contributed by atoms with Crippen LogP contribution in [0.3, 0.4) is 0 Å². The molecule has 1 amide bonds. The number of benzene rings is 1. The van der Waals surface area contributed by atoms with Gasteiger partial charge >= 0.3 is 5.97 Å². The largest absolute Gasteiger partial charge is 0.481 e. The lowest BCUT2D eigenvalue weighted by Crippen LogP contribution is -2.48. The zero-order valence-corrected chi connectivity index (χ0v) is 12.9. The van der Waals surface area contributed by atoms with E-state index >= 15 is 0 Å². The van der Waals surface area contributed by atoms with Crippen molar-refractivity contribution in [1.29, 1.82) is 0 Å². The summed E-state index contributed by atoms with van der Waals surface area (Å²) >= 11 is 0. The van der Waals surface area contributed by atoms with E-state index in [0.29, 0.717) is 0 Å². The molecule has 0 spiro atoms. The van der Waals surface area contributed by atoms with Crippen LogP contribution in [0.4, 0.5) is 5.69 Å². The highest BCUT2D eigenvalue weighted by Crippen LogP contribution is 2.22. The van der Waals surface area contributed by atoms with Gasteiger partial charge in [0.05, 0.1) is 12.5 Å². The Morgan fingerprint density at radius 1 is 1.33 bits per heavy atom. The first kappa shape index (κ1) is 17.2. The molecule has 21 heavy (non-hydrogen) atoms. The van der Waals surface area contributed by atoms with E-state index < -0.39 is 12.0 Å². The molecule has 0 bridgehead atoms. The molecule has 116 valence electrons. The quantitative estimate of drug-likeness (QED) is 0.806. The van der Waals surface area contributed by atoms with Crippen LogP contribution in [-0.4, -0.2) is 29.6 Å². The SMILES string of the molecule is CCC(C)[C@H](N)C(=O)N(CCC(=O)O)c1ccccc1C. The van der Waals surface area contributed by atoms with Crippen molar-refractivity contribution in [3.8, 4) is 0 Å². The minimum absolute atomic E-state index is 0.0499. The van der Waals surface area contributed by atoms with Crippen molar-refractivity contribution in [2.24, 2.45) is 11.7 Å². The summed E-state index contributed by atoms with van der Waals surface area (Å²) in [7, 11) is 0. The molecule has 0 aliphatic rings. The van der Waals surface area contributed by atoms with Gasteiger partial charge in [-0.1, -0.05) is 38.5 Å². The topological polar surface area (TPSA) is 83.6 Å². The molecule has 1 unspecified atom stereocenters. The van der Waals surface area contributed by atoms with Crippen molar-refractivity contribution in [2.75, 3.05) is 11.4 Å². The van der Waals surface area contributed by atoms with E-state index in [-0.39, 0.29) is 24.8 Å². The average Bonchev–Trinajstić information content (AvgIpc) is 2.46. The van der Waals surface area contributed by atoms with Gasteiger partial charge < -0.3 is 15.7 Å². The number of carboxylic acid groups (broad SMARTS) is 1. The minimum Gasteiger partial charge on any atom is -0.481 e. The molecule has 5 heteroatoms. The molecule has 0 radical (unpaired) electrons. The Labute approximate surface area is 125 Å². The minimum atomic E-state index is -0.932. The van der Waals surface area contributed by atoms with Gasteiger partial charge in [0.1, 0.15) is 0 Å². The van der Waals surface area contributed by atoms with Gasteiger partial charge in [-0.05, 0) is 24.5 Å². The number of nitrogens with two attached hydrogens (primary N) is 1. The molecule has 0 aromatic heterocycles. The van der Waals surface area contributed by atoms with Crippen LogP contribution in [-0.2, 0) is 9.59 Å². The molecule has 2 atom stereocenters. The van der Waals surface area contributed by atoms with E-state index in [4.69, 9.17) is 10.8 Å². The maximum Gasteiger partial charge on any atom is 0.305 e. The predicted octanol–water partition coefficient (Wildman–Crippen LogP) is 2.18. The lowest BCUT2D eigenvalue weighted by Gasteiger charge is -2.29. The fraction of sp³-hybridized carbons (Fsp3) is 0.500. The van der Waals surface area contributed by atoms with Crippen LogP contribution in [0.25, 0.3) is 0 Å². The summed E-state index contributed by atoms with van der Waals surface area (Å²) in [5, 5.41) is 8.89. The average molecular weight is 292 g/mol. The Morgan fingerprint density at radius 2 is 1.95 bits per heavy atom. The van der Waals surface area contributed by atoms with Crippen LogP contribution < -0.4 is 10.6 Å². The van der Waals surface area contributed by atoms with Gasteiger partial charge in [-0.2, -0.15) is 0 Å². The Hall–Kier alpha value is -1.88. The van der Waals surface area contributed by atoms with Gasteiger partial charge in [0.25, 0.3) is 0 Å². The molecule has 1 rings (SSSR count). The van der Waals surface area contributed by atoms with E-state index in [1.165, 1.54) is 4.90 Å². The van der Waals surface area contributed by atoms with E-state index in [2.05, 4.69) is 0 Å². The summed E-state index contributed by atoms with van der Waals surface area (Å²) in [6, 6.07) is 6.80. The van der Waals surface area contributed by atoms with Crippen LogP contribution in [0, 0.1) is 12.8 Å². The van der Waals surface area contributed by atoms with Crippen LogP contribution >= 0.6 is 0 Å². The molecule has 3 N–H and O–H groups in total. The molecule has 0 fully saturated rings. The first-order chi connectivity index (χ1) is 9.88. The first-order valence-corrected chi connectivity index (χ1v) is 7.22. The lowest BCUT2D eigenvalue weighted by molar-refractivity contribution is -0.136. The van der Waals surface area contributed by atoms with E-state index in [9.17, 15) is 9.59 Å². The number of rotatable bonds is 7. The number of hydrogen-bond acceptors (Lipinski definition) is 3. The fourth-order valence-corrected chi connectivity index (χ4v) is 2.10. The van der Waals surface area contributed by atoms with Crippen molar-refractivity contribution in [3.05, 3.63) is 29.8 Å². The van der Waals surface area contributed by atoms with Gasteiger partial charge in [-0.25, -0.2) is 0 Å². The summed E-state index contributed by atoms with van der Waals surface area (Å²) in [6.07, 6.45) is 0.695. The number of aryl methyl sites for hydroxylation is 1. The molecule has 0 saturated carbocycles. The summed E-state index contributed by atoms with van der Waals surface area (Å²) in [5.41, 5.74) is 7.68. The Kier molecular flexibility index (Phi) is 6.37. The summed E-state index contributed by atoms with van der Waals surface area (Å²) in [6.45, 7) is 5.93. The highest BCUT2D eigenvalue weighted by molar-refractivity contribution is 5.98. The van der Waals surface area contributed by atoms with Crippen LogP contribution in [0.2, 0.25) is 0 Å². The number of para-hydroxylation sites is 1. The number of carbonyl (C=O) groups excluding carboxylic acids is 1. The second-order valence-corrected chi connectivity index (χ2v) is 5.33. The Morgan fingerprint density at radius 3 is 2.48 bits per heavy atom. The molecule has 0 heterocycles. The van der Waals surface area contributed by atoms with Crippen molar-refractivity contribution in [3.63, 3.8) is 0 Å². The maximum atomic E-state index is 12.6. The maximum absolute atomic E-state index is 12.6. The molecular weight excluding hydrogens is 268 g/mol. The van der Waals surface area contributed by atoms with Gasteiger partial charge in [0.15, 0.2) is 0 Å². The second kappa shape index (κ2) is 7.78. The van der Waals surface area contributed by atoms with Crippen molar-refractivity contribution in [1.82, 2.24) is 0 Å². The molecule has 0 aliphatic carbocycles. The summed E-state index contributed by atoms with van der Waals surface area (Å²) in [4.78, 5) is 25.0. The molecule has 0 aliphatic heterocycles. The monoisotopic (exact) mass is 292 g/mol. The Balaban J connectivity index is 3.05. The normalized spacial score (nSPS) is 13.5. The number of hydrogen-bond donors (Lipinski definition) is 2. The highest BCUT2D eigenvalue weighted by atomic mass is 16.4. The standard InChI is InChI=1S/C16H24N2O3/c1-4-11(2)15(17)16(21)18(10-9-14(19)20)13-8-6-5-7-12(13)3/h5-8,11,15H,4,9-10,17H2,1-3H3,(H,19,20)/t11?,15-/m0/s1. The fourth-order valence-electron chi connectivity index (χ4n) is 2.10. The van der Waals surface area contributed by atoms with Crippen LogP contribution in [0.5, 0.6) is 0 Å². The summed E-state index contributed by atoms with van der Waals surface area (Å²) < 4.78 is 0. The third-order valence-corrected chi connectivity index (χ3v) is 3.76. The van der Waals surface area contributed by atoms with Gasteiger partial charge in [0.2, 0.25) is 5.91 Å². The van der Waals surface area contributed by atoms with Gasteiger partial charge in [-0.3, -0.25) is 9.59 Å². The number of nitrogens with zero attached hydrogens (tertiary/aromatic N) is 1. The zero-order chi connectivity index (χ0) is 16.0. The van der Waals surface area contributed by atoms with Crippen LogP contribution in [0.15, 0.2) is 24.3 Å². The highest BCUT2D eigenvalue weighted by Gasteiger charge is 2.27. The van der Waals surface area contributed by atoms with E-state index in [0.717, 1.165) is 17.7 Å². The van der Waals surface area contributed by atoms with Gasteiger partial charge in [-0.15, -0.1) is 0 Å². The zero-order valence-electron chi connectivity index (χ0n) is 12.9. The number of anilines is 1. The third kappa shape index (κ3) is 4.56. The first-order valence-electron chi connectivity index (χ1n) is 7.22. The predicted molar refractivity (Wildman–Crippen MR) is 83.2 cm³/mol. The van der Waals surface area contributed by atoms with Crippen molar-refractivity contribution < 1.29 is 14.7 Å². The smallest absolute Gasteiger partial charge is 0.305 e. The van der Waals surface area contributed by atoms with E-state index in [1.54, 1.807) is 0 Å². The van der Waals surface area contributed by atoms with Crippen LogP contribution in [0.1, 0.15) is 32.3 Å². The second-order valence-electron chi connectivity index (χ2n) is 5.33. The molecule has 1 aromatic carbocycles. The Bertz CT molecular complexity index is 502. The molecule has 0 saturated heterocycles. The molecule has 5 nitrogen and oxygen atoms in total. The number of aliphatic carboxylic acids is 1. The molecular formula is C16H24N2O3. The number of carbonyl (C=O) groups is 2. The van der Waals surface area contributed by atoms with Gasteiger partial charge in [0, 0.05) is 12.2 Å². The number of carboxylic acids is 1. The molecule has 1 aromatic rings. The van der Waals surface area contributed by atoms with E-state index in [1.807, 2.05) is 45.0 Å². The lowest BCUT2D eigenvalue weighted by atomic mass is 9.98. The third-order valence-electron chi connectivity index (χ3n) is 3.76. The number of amides is 1.